The minimum atomic E-state index is 0.00346. The van der Waals surface area contributed by atoms with Gasteiger partial charge in [0.25, 0.3) is 0 Å². The van der Waals surface area contributed by atoms with Crippen molar-refractivity contribution in [2.24, 2.45) is 0 Å². The van der Waals surface area contributed by atoms with Gasteiger partial charge in [-0.05, 0) is 63.1 Å². The third-order valence-electron chi connectivity index (χ3n) is 4.37. The zero-order valence-corrected chi connectivity index (χ0v) is 16.3. The van der Waals surface area contributed by atoms with Gasteiger partial charge in [-0.2, -0.15) is 0 Å². The normalized spacial score (nSPS) is 14.9. The van der Waals surface area contributed by atoms with E-state index in [1.165, 1.54) is 11.8 Å². The molecule has 0 atom stereocenters. The van der Waals surface area contributed by atoms with Crippen LogP contribution in [0.3, 0.4) is 0 Å². The fourth-order valence-electron chi connectivity index (χ4n) is 3.02. The number of benzene rings is 2. The first kappa shape index (κ1) is 17.9. The summed E-state index contributed by atoms with van der Waals surface area (Å²) in [5.74, 6) is 0.191. The van der Waals surface area contributed by atoms with E-state index in [4.69, 9.17) is 11.6 Å². The van der Waals surface area contributed by atoms with E-state index in [-0.39, 0.29) is 11.5 Å². The Balaban J connectivity index is 2.28. The van der Waals surface area contributed by atoms with Gasteiger partial charge in [-0.25, -0.2) is 0 Å². The van der Waals surface area contributed by atoms with Crippen molar-refractivity contribution in [3.8, 4) is 16.9 Å². The smallest absolute Gasteiger partial charge is 0.155 e. The lowest BCUT2D eigenvalue weighted by molar-refractivity contribution is -0.112. The molecule has 0 radical (unpaired) electrons. The maximum absolute atomic E-state index is 11.6. The molecule has 0 fully saturated rings. The Hall–Kier alpha value is -1.91. The molecule has 1 aliphatic heterocycles. The number of aromatic hydroxyl groups is 1. The average Bonchev–Trinajstić information content (AvgIpc) is 2.88. The molecule has 0 saturated heterocycles. The minimum absolute atomic E-state index is 0.00346. The molecule has 5 heteroatoms. The molecule has 0 amide bonds. The zero-order valence-electron chi connectivity index (χ0n) is 14.7. The van der Waals surface area contributed by atoms with Gasteiger partial charge in [0.05, 0.1) is 10.7 Å². The van der Waals surface area contributed by atoms with Crippen LogP contribution in [0.1, 0.15) is 25.0 Å². The van der Waals surface area contributed by atoms with Gasteiger partial charge in [0, 0.05) is 33.7 Å². The first-order chi connectivity index (χ1) is 11.8. The number of thioether (sulfide) groups is 1. The maximum Gasteiger partial charge on any atom is 0.155 e. The maximum atomic E-state index is 11.6. The predicted octanol–water partition coefficient (Wildman–Crippen LogP) is 5.69. The van der Waals surface area contributed by atoms with E-state index in [1.54, 1.807) is 19.1 Å². The highest BCUT2D eigenvalue weighted by Crippen LogP contribution is 2.54. The van der Waals surface area contributed by atoms with E-state index in [9.17, 15) is 9.90 Å². The van der Waals surface area contributed by atoms with Gasteiger partial charge in [-0.1, -0.05) is 23.4 Å². The number of fused-ring (bicyclic) bond motifs is 1. The highest BCUT2D eigenvalue weighted by Gasteiger charge is 2.30. The van der Waals surface area contributed by atoms with E-state index < -0.39 is 0 Å². The van der Waals surface area contributed by atoms with Crippen LogP contribution in [0.25, 0.3) is 11.1 Å². The SMILES string of the molecule is CCN1C(=CC(C)=O)Sc2ccc(O)c(-c3cc(C)c(C)cc3Cl)c21. The number of anilines is 1. The van der Waals surface area contributed by atoms with Gasteiger partial charge >= 0.3 is 0 Å². The summed E-state index contributed by atoms with van der Waals surface area (Å²) in [7, 11) is 0. The molecule has 25 heavy (non-hydrogen) atoms. The van der Waals surface area contributed by atoms with Crippen LogP contribution in [0.2, 0.25) is 5.02 Å². The first-order valence-electron chi connectivity index (χ1n) is 8.14. The molecule has 1 N–H and O–H groups in total. The number of rotatable bonds is 3. The molecule has 0 aliphatic carbocycles. The Morgan fingerprint density at radius 1 is 1.28 bits per heavy atom. The second-order valence-corrected chi connectivity index (χ2v) is 7.63. The molecule has 3 rings (SSSR count). The minimum Gasteiger partial charge on any atom is -0.507 e. The molecule has 0 aromatic heterocycles. The number of hydrogen-bond acceptors (Lipinski definition) is 4. The van der Waals surface area contributed by atoms with Crippen molar-refractivity contribution in [1.29, 1.82) is 0 Å². The van der Waals surface area contributed by atoms with E-state index >= 15 is 0 Å². The number of aryl methyl sites for hydroxylation is 2. The quantitative estimate of drug-likeness (QED) is 0.701. The molecule has 2 aromatic rings. The summed E-state index contributed by atoms with van der Waals surface area (Å²) < 4.78 is 0. The van der Waals surface area contributed by atoms with Gasteiger partial charge in [0.2, 0.25) is 0 Å². The van der Waals surface area contributed by atoms with Crippen LogP contribution in [0.4, 0.5) is 5.69 Å². The van der Waals surface area contributed by atoms with Crippen LogP contribution in [-0.4, -0.2) is 17.4 Å². The summed E-state index contributed by atoms with van der Waals surface area (Å²) in [5.41, 5.74) is 4.66. The number of hydrogen-bond donors (Lipinski definition) is 1. The topological polar surface area (TPSA) is 40.5 Å². The number of carbonyl (C=O) groups excluding carboxylic acids is 1. The van der Waals surface area contributed by atoms with Crippen molar-refractivity contribution in [2.45, 2.75) is 32.6 Å². The molecule has 1 aliphatic rings. The standard InChI is InChI=1S/C20H20ClNO2S/c1-5-22-18(10-13(4)23)25-17-7-6-16(24)19(20(17)22)14-8-11(2)12(3)9-15(14)21/h6-10,24H,5H2,1-4H3. The predicted molar refractivity (Wildman–Crippen MR) is 106 cm³/mol. The Morgan fingerprint density at radius 3 is 2.60 bits per heavy atom. The summed E-state index contributed by atoms with van der Waals surface area (Å²) in [6, 6.07) is 7.52. The van der Waals surface area contributed by atoms with Gasteiger partial charge < -0.3 is 10.0 Å². The van der Waals surface area contributed by atoms with Crippen LogP contribution in [0.5, 0.6) is 5.75 Å². The van der Waals surface area contributed by atoms with Crippen LogP contribution in [0.15, 0.2) is 40.3 Å². The lowest BCUT2D eigenvalue weighted by Gasteiger charge is -2.22. The molecule has 2 aromatic carbocycles. The Bertz CT molecular complexity index is 905. The Kier molecular flexibility index (Phi) is 4.85. The van der Waals surface area contributed by atoms with Gasteiger partial charge in [-0.15, -0.1) is 0 Å². The van der Waals surface area contributed by atoms with E-state index in [1.807, 2.05) is 39.0 Å². The van der Waals surface area contributed by atoms with Crippen LogP contribution in [0, 0.1) is 13.8 Å². The molecule has 0 unspecified atom stereocenters. The van der Waals surface area contributed by atoms with E-state index in [2.05, 4.69) is 4.90 Å². The van der Waals surface area contributed by atoms with Crippen molar-refractivity contribution >= 4 is 34.8 Å². The largest absolute Gasteiger partial charge is 0.507 e. The first-order valence-corrected chi connectivity index (χ1v) is 9.33. The summed E-state index contributed by atoms with van der Waals surface area (Å²) in [6.45, 7) is 8.31. The van der Waals surface area contributed by atoms with Gasteiger partial charge in [-0.3, -0.25) is 4.79 Å². The zero-order chi connectivity index (χ0) is 18.3. The number of ketones is 1. The summed E-state index contributed by atoms with van der Waals surface area (Å²) in [6.07, 6.45) is 1.64. The van der Waals surface area contributed by atoms with Crippen molar-refractivity contribution in [1.82, 2.24) is 0 Å². The van der Waals surface area contributed by atoms with E-state index in [0.29, 0.717) is 17.1 Å². The summed E-state index contributed by atoms with van der Waals surface area (Å²) in [4.78, 5) is 14.7. The highest BCUT2D eigenvalue weighted by molar-refractivity contribution is 8.03. The molecule has 1 heterocycles. The molecule has 130 valence electrons. The third-order valence-corrected chi connectivity index (χ3v) is 5.77. The number of allylic oxidation sites excluding steroid dienone is 1. The molecular formula is C20H20ClNO2S. The van der Waals surface area contributed by atoms with Crippen molar-refractivity contribution in [2.75, 3.05) is 11.4 Å². The fraction of sp³-hybridized carbons (Fsp3) is 0.250. The summed E-state index contributed by atoms with van der Waals surface area (Å²) in [5, 5.41) is 12.1. The number of halogens is 1. The molecule has 0 spiro atoms. The second kappa shape index (κ2) is 6.77. The van der Waals surface area contributed by atoms with Crippen molar-refractivity contribution in [3.63, 3.8) is 0 Å². The number of phenols is 1. The lowest BCUT2D eigenvalue weighted by atomic mass is 9.97. The Morgan fingerprint density at radius 2 is 1.96 bits per heavy atom. The Labute approximate surface area is 157 Å². The van der Waals surface area contributed by atoms with Gasteiger partial charge in [0.1, 0.15) is 5.75 Å². The number of carbonyl (C=O) groups is 1. The van der Waals surface area contributed by atoms with E-state index in [0.717, 1.165) is 32.3 Å². The van der Waals surface area contributed by atoms with Crippen LogP contribution in [-0.2, 0) is 4.79 Å². The second-order valence-electron chi connectivity index (χ2n) is 6.16. The van der Waals surface area contributed by atoms with Gasteiger partial charge in [0.15, 0.2) is 5.78 Å². The molecule has 0 saturated carbocycles. The third kappa shape index (κ3) is 3.16. The summed E-state index contributed by atoms with van der Waals surface area (Å²) >= 11 is 8.06. The fourth-order valence-corrected chi connectivity index (χ4v) is 4.56. The molecule has 0 bridgehead atoms. The average molecular weight is 374 g/mol. The lowest BCUT2D eigenvalue weighted by Crippen LogP contribution is -2.18. The number of nitrogens with zero attached hydrogens (tertiary/aromatic N) is 1. The number of phenolic OH excluding ortho intramolecular Hbond substituents is 1. The molecular weight excluding hydrogens is 354 g/mol. The monoisotopic (exact) mass is 373 g/mol. The van der Waals surface area contributed by atoms with Crippen LogP contribution < -0.4 is 4.90 Å². The molecule has 3 nitrogen and oxygen atoms in total. The highest BCUT2D eigenvalue weighted by atomic mass is 35.5. The van der Waals surface area contributed by atoms with Crippen LogP contribution >= 0.6 is 23.4 Å². The van der Waals surface area contributed by atoms with Crippen molar-refractivity contribution in [3.05, 3.63) is 51.5 Å². The van der Waals surface area contributed by atoms with Crippen molar-refractivity contribution < 1.29 is 9.90 Å².